The zero-order valence-electron chi connectivity index (χ0n) is 13.2. The van der Waals surface area contributed by atoms with E-state index in [0.29, 0.717) is 36.1 Å². The van der Waals surface area contributed by atoms with Gasteiger partial charge in [-0.25, -0.2) is 4.98 Å². The summed E-state index contributed by atoms with van der Waals surface area (Å²) < 4.78 is 14.1. The maximum atomic E-state index is 12.4. The number of carbonyl (C=O) groups is 1. The van der Waals surface area contributed by atoms with Gasteiger partial charge in [0.1, 0.15) is 18.9 Å². The van der Waals surface area contributed by atoms with Gasteiger partial charge in [-0.2, -0.15) is 4.99 Å². The molecule has 1 amide bonds. The minimum atomic E-state index is -0.435. The van der Waals surface area contributed by atoms with E-state index in [1.807, 2.05) is 16.7 Å². The Balaban J connectivity index is 1.88. The number of allylic oxidation sites excluding steroid dienone is 1. The van der Waals surface area contributed by atoms with Gasteiger partial charge in [-0.1, -0.05) is 17.4 Å². The lowest BCUT2D eigenvalue weighted by Crippen LogP contribution is -2.17. The van der Waals surface area contributed by atoms with Crippen LogP contribution in [0.4, 0.5) is 0 Å². The quantitative estimate of drug-likeness (QED) is 0.674. The van der Waals surface area contributed by atoms with E-state index in [1.54, 1.807) is 6.08 Å². The summed E-state index contributed by atoms with van der Waals surface area (Å²) in [5.41, 5.74) is 1.12. The molecule has 0 radical (unpaired) electrons. The number of carbonyl (C=O) groups excluding carboxylic acids is 1. The molecule has 0 atom stereocenters. The molecule has 1 aromatic carbocycles. The second-order valence-corrected chi connectivity index (χ2v) is 6.26. The van der Waals surface area contributed by atoms with Crippen molar-refractivity contribution < 1.29 is 14.3 Å². The van der Waals surface area contributed by atoms with E-state index in [-0.39, 0.29) is 5.69 Å². The number of ether oxygens (including phenoxy) is 2. The molecule has 4 rings (SSSR count). The first-order chi connectivity index (χ1) is 12.3. The van der Waals surface area contributed by atoms with Crippen molar-refractivity contribution in [1.82, 2.24) is 14.5 Å². The maximum absolute atomic E-state index is 12.4. The van der Waals surface area contributed by atoms with Crippen LogP contribution in [0, 0.1) is 0 Å². The highest BCUT2D eigenvalue weighted by molar-refractivity contribution is 7.16. The number of aromatic nitrogens is 3. The first-order valence-electron chi connectivity index (χ1n) is 7.65. The molecule has 126 valence electrons. The summed E-state index contributed by atoms with van der Waals surface area (Å²) in [6, 6.07) is 3.83. The Morgan fingerprint density at radius 1 is 1.32 bits per heavy atom. The van der Waals surface area contributed by atoms with Crippen molar-refractivity contribution in [3.05, 3.63) is 53.9 Å². The summed E-state index contributed by atoms with van der Waals surface area (Å²) in [6.07, 6.45) is 6.14. The summed E-state index contributed by atoms with van der Waals surface area (Å²) >= 11 is 1.40. The van der Waals surface area contributed by atoms with Crippen LogP contribution in [0.15, 0.2) is 48.4 Å². The second kappa shape index (κ2) is 6.48. The van der Waals surface area contributed by atoms with Crippen LogP contribution in [-0.4, -0.2) is 33.7 Å². The zero-order valence-corrected chi connectivity index (χ0v) is 14.0. The van der Waals surface area contributed by atoms with Crippen LogP contribution in [0.1, 0.15) is 10.5 Å². The highest BCUT2D eigenvalue weighted by Gasteiger charge is 2.16. The van der Waals surface area contributed by atoms with Gasteiger partial charge < -0.3 is 14.0 Å². The molecule has 0 saturated heterocycles. The first-order valence-corrected chi connectivity index (χ1v) is 8.47. The summed E-state index contributed by atoms with van der Waals surface area (Å²) in [5.74, 6) is 0.966. The van der Waals surface area contributed by atoms with Crippen molar-refractivity contribution in [2.45, 2.75) is 6.54 Å². The molecule has 1 aliphatic rings. The van der Waals surface area contributed by atoms with Crippen LogP contribution in [0.2, 0.25) is 0 Å². The molecule has 0 aliphatic carbocycles. The van der Waals surface area contributed by atoms with Crippen molar-refractivity contribution in [3.63, 3.8) is 0 Å². The van der Waals surface area contributed by atoms with Crippen molar-refractivity contribution >= 4 is 27.5 Å². The number of amides is 1. The molecule has 1 aliphatic heterocycles. The van der Waals surface area contributed by atoms with Crippen LogP contribution in [0.3, 0.4) is 0 Å². The monoisotopic (exact) mass is 354 g/mol. The predicted octanol–water partition coefficient (Wildman–Crippen LogP) is 2.19. The Kier molecular flexibility index (Phi) is 4.02. The average Bonchev–Trinajstić information content (AvgIpc) is 2.97. The molecule has 0 unspecified atom stereocenters. The maximum Gasteiger partial charge on any atom is 0.299 e. The summed E-state index contributed by atoms with van der Waals surface area (Å²) in [4.78, 5) is 25.0. The highest BCUT2D eigenvalue weighted by atomic mass is 32.1. The standard InChI is InChI=1S/C17H14N4O3S/c1-2-5-21-12-8-13-14(24-7-6-23-13)9-15(12)25-17(21)20-16(22)11-10-18-3-4-19-11/h2-4,8-10H,1,5-7H2. The van der Waals surface area contributed by atoms with Crippen LogP contribution >= 0.6 is 11.3 Å². The predicted molar refractivity (Wildman–Crippen MR) is 92.9 cm³/mol. The number of hydrogen-bond acceptors (Lipinski definition) is 6. The van der Waals surface area contributed by atoms with Gasteiger partial charge in [-0.3, -0.25) is 9.78 Å². The van der Waals surface area contributed by atoms with E-state index in [4.69, 9.17) is 9.47 Å². The Morgan fingerprint density at radius 3 is 2.84 bits per heavy atom. The van der Waals surface area contributed by atoms with Gasteiger partial charge in [-0.05, 0) is 0 Å². The van der Waals surface area contributed by atoms with E-state index >= 15 is 0 Å². The summed E-state index contributed by atoms with van der Waals surface area (Å²) in [5, 5.41) is 0. The SMILES string of the molecule is C=CCn1c(=NC(=O)c2cnccn2)sc2cc3c(cc21)OCCO3. The molecule has 25 heavy (non-hydrogen) atoms. The molecule has 0 saturated carbocycles. The lowest BCUT2D eigenvalue weighted by molar-refractivity contribution is 0.0993. The second-order valence-electron chi connectivity index (χ2n) is 5.26. The fourth-order valence-corrected chi connectivity index (χ4v) is 3.60. The third kappa shape index (κ3) is 2.91. The number of fused-ring (bicyclic) bond motifs is 2. The summed E-state index contributed by atoms with van der Waals surface area (Å²) in [6.45, 7) is 5.35. The fraction of sp³-hybridized carbons (Fsp3) is 0.176. The molecule has 3 aromatic rings. The molecule has 0 spiro atoms. The Hall–Kier alpha value is -3.00. The largest absolute Gasteiger partial charge is 0.486 e. The molecule has 3 heterocycles. The Labute approximate surface area is 146 Å². The van der Waals surface area contributed by atoms with Crippen molar-refractivity contribution in [2.75, 3.05) is 13.2 Å². The third-order valence-electron chi connectivity index (χ3n) is 3.64. The van der Waals surface area contributed by atoms with Crippen LogP contribution < -0.4 is 14.3 Å². The molecule has 0 fully saturated rings. The summed E-state index contributed by atoms with van der Waals surface area (Å²) in [7, 11) is 0. The van der Waals surface area contributed by atoms with Gasteiger partial charge in [0, 0.05) is 31.1 Å². The minimum absolute atomic E-state index is 0.205. The van der Waals surface area contributed by atoms with Crippen LogP contribution in [0.5, 0.6) is 11.5 Å². The average molecular weight is 354 g/mol. The molecule has 7 nitrogen and oxygen atoms in total. The van der Waals surface area contributed by atoms with E-state index in [0.717, 1.165) is 10.2 Å². The zero-order chi connectivity index (χ0) is 17.2. The number of thiazole rings is 1. The molecular formula is C17H14N4O3S. The number of benzene rings is 1. The minimum Gasteiger partial charge on any atom is -0.486 e. The topological polar surface area (TPSA) is 78.6 Å². The molecule has 0 bridgehead atoms. The number of hydrogen-bond donors (Lipinski definition) is 0. The lowest BCUT2D eigenvalue weighted by Gasteiger charge is -2.18. The molecule has 8 heteroatoms. The lowest BCUT2D eigenvalue weighted by atomic mass is 10.2. The third-order valence-corrected chi connectivity index (χ3v) is 4.68. The van der Waals surface area contributed by atoms with Gasteiger partial charge in [0.05, 0.1) is 16.4 Å². The fourth-order valence-electron chi connectivity index (χ4n) is 2.55. The van der Waals surface area contributed by atoms with E-state index in [1.165, 1.54) is 29.9 Å². The van der Waals surface area contributed by atoms with Crippen molar-refractivity contribution in [3.8, 4) is 11.5 Å². The number of nitrogens with zero attached hydrogens (tertiary/aromatic N) is 4. The van der Waals surface area contributed by atoms with Crippen LogP contribution in [-0.2, 0) is 6.54 Å². The smallest absolute Gasteiger partial charge is 0.299 e. The Bertz CT molecular complexity index is 1020. The first kappa shape index (κ1) is 15.5. The number of rotatable bonds is 3. The van der Waals surface area contributed by atoms with Gasteiger partial charge in [-0.15, -0.1) is 6.58 Å². The van der Waals surface area contributed by atoms with Gasteiger partial charge in [0.25, 0.3) is 5.91 Å². The normalized spacial score (nSPS) is 13.8. The van der Waals surface area contributed by atoms with E-state index < -0.39 is 5.91 Å². The van der Waals surface area contributed by atoms with E-state index in [2.05, 4.69) is 21.5 Å². The Morgan fingerprint density at radius 2 is 2.12 bits per heavy atom. The van der Waals surface area contributed by atoms with Gasteiger partial charge in [0.15, 0.2) is 16.3 Å². The molecule has 2 aromatic heterocycles. The van der Waals surface area contributed by atoms with Gasteiger partial charge in [0.2, 0.25) is 0 Å². The van der Waals surface area contributed by atoms with Crippen LogP contribution in [0.25, 0.3) is 10.2 Å². The van der Waals surface area contributed by atoms with Crippen molar-refractivity contribution in [2.24, 2.45) is 4.99 Å². The molecule has 0 N–H and O–H groups in total. The van der Waals surface area contributed by atoms with Crippen molar-refractivity contribution in [1.29, 1.82) is 0 Å². The van der Waals surface area contributed by atoms with E-state index in [9.17, 15) is 4.79 Å². The van der Waals surface area contributed by atoms with Gasteiger partial charge >= 0.3 is 0 Å². The molecular weight excluding hydrogens is 340 g/mol. The highest BCUT2D eigenvalue weighted by Crippen LogP contribution is 2.35.